The molecule has 3 rings (SSSR count). The molecule has 180 valence electrons. The maximum absolute atomic E-state index is 13.6. The number of ether oxygens (including phenoxy) is 1. The number of nitrogens with zero attached hydrogens (tertiary/aromatic N) is 1. The Morgan fingerprint density at radius 2 is 1.74 bits per heavy atom. The third-order valence-corrected chi connectivity index (χ3v) is 6.43. The number of nitrogens with one attached hydrogen (secondary N) is 1. The normalized spacial score (nSPS) is 12.2. The van der Waals surface area contributed by atoms with E-state index in [0.717, 1.165) is 5.56 Å². The minimum absolute atomic E-state index is 0.0584. The van der Waals surface area contributed by atoms with E-state index >= 15 is 0 Å². The Balaban J connectivity index is 1.88. The molecule has 1 heterocycles. The van der Waals surface area contributed by atoms with Crippen molar-refractivity contribution in [3.8, 4) is 5.75 Å². The van der Waals surface area contributed by atoms with Gasteiger partial charge in [0, 0.05) is 11.8 Å². The van der Waals surface area contributed by atoms with Gasteiger partial charge in [0.05, 0.1) is 27.9 Å². The molecule has 0 unspecified atom stereocenters. The third kappa shape index (κ3) is 5.87. The average Bonchev–Trinajstić information content (AvgIpc) is 3.30. The summed E-state index contributed by atoms with van der Waals surface area (Å²) in [4.78, 5) is 28.3. The van der Waals surface area contributed by atoms with Gasteiger partial charge in [-0.05, 0) is 57.5 Å². The summed E-state index contributed by atoms with van der Waals surface area (Å²) in [5.41, 5.74) is 0.310. The molecule has 6 nitrogen and oxygen atoms in total. The highest BCUT2D eigenvalue weighted by Gasteiger charge is 2.40. The minimum atomic E-state index is -1.26. The lowest BCUT2D eigenvalue weighted by Crippen LogP contribution is -2.57. The number of para-hydroxylation sites is 1. The summed E-state index contributed by atoms with van der Waals surface area (Å²) in [6.45, 7) is 6.86. The van der Waals surface area contributed by atoms with Crippen molar-refractivity contribution < 1.29 is 18.7 Å². The van der Waals surface area contributed by atoms with Gasteiger partial charge in [0.15, 0.2) is 6.10 Å². The fourth-order valence-electron chi connectivity index (χ4n) is 3.28. The smallest absolute Gasteiger partial charge is 0.264 e. The molecule has 2 amide bonds. The fraction of sp³-hybridized carbons (Fsp3) is 0.280. The highest BCUT2D eigenvalue weighted by Crippen LogP contribution is 2.35. The lowest BCUT2D eigenvalue weighted by molar-refractivity contribution is -0.150. The van der Waals surface area contributed by atoms with Gasteiger partial charge in [-0.1, -0.05) is 53.0 Å². The van der Waals surface area contributed by atoms with Crippen LogP contribution in [0.1, 0.15) is 32.1 Å². The molecule has 0 saturated carbocycles. The highest BCUT2D eigenvalue weighted by atomic mass is 35.5. The molecule has 0 aliphatic rings. The van der Waals surface area contributed by atoms with E-state index in [0.29, 0.717) is 11.4 Å². The predicted molar refractivity (Wildman–Crippen MR) is 135 cm³/mol. The molecule has 0 fully saturated rings. The Morgan fingerprint density at radius 3 is 2.38 bits per heavy atom. The molecule has 0 aliphatic heterocycles. The molecule has 34 heavy (non-hydrogen) atoms. The number of amides is 2. The van der Waals surface area contributed by atoms with Gasteiger partial charge in [0.2, 0.25) is 5.91 Å². The summed E-state index contributed by atoms with van der Waals surface area (Å²) >= 11 is 18.3. The van der Waals surface area contributed by atoms with Crippen molar-refractivity contribution in [2.45, 2.75) is 45.9 Å². The van der Waals surface area contributed by atoms with E-state index in [1.165, 1.54) is 23.3 Å². The Labute approximate surface area is 213 Å². The van der Waals surface area contributed by atoms with Crippen molar-refractivity contribution in [1.29, 1.82) is 0 Å². The van der Waals surface area contributed by atoms with E-state index in [-0.39, 0.29) is 33.3 Å². The van der Waals surface area contributed by atoms with Crippen LogP contribution in [0.25, 0.3) is 0 Å². The zero-order valence-electron chi connectivity index (χ0n) is 19.2. The van der Waals surface area contributed by atoms with Crippen LogP contribution in [-0.4, -0.2) is 28.4 Å². The topological polar surface area (TPSA) is 71.8 Å². The number of hydrogen-bond acceptors (Lipinski definition) is 4. The van der Waals surface area contributed by atoms with Gasteiger partial charge >= 0.3 is 0 Å². The molecule has 9 heteroatoms. The van der Waals surface area contributed by atoms with Gasteiger partial charge in [-0.3, -0.25) is 9.59 Å². The number of furan rings is 1. The number of aryl methyl sites for hydroxylation is 1. The summed E-state index contributed by atoms with van der Waals surface area (Å²) in [6.07, 6.45) is 0.517. The van der Waals surface area contributed by atoms with Gasteiger partial charge in [-0.25, -0.2) is 0 Å². The van der Waals surface area contributed by atoms with E-state index in [2.05, 4.69) is 5.32 Å². The number of carbonyl (C=O) groups is 2. The van der Waals surface area contributed by atoms with Crippen LogP contribution in [0.5, 0.6) is 5.75 Å². The van der Waals surface area contributed by atoms with Crippen molar-refractivity contribution in [3.05, 3.63) is 81.2 Å². The minimum Gasteiger partial charge on any atom is -0.479 e. The van der Waals surface area contributed by atoms with E-state index in [4.69, 9.17) is 44.0 Å². The third-order valence-electron chi connectivity index (χ3n) is 5.41. The summed E-state index contributed by atoms with van der Waals surface area (Å²) < 4.78 is 11.3. The van der Waals surface area contributed by atoms with Crippen molar-refractivity contribution in [3.63, 3.8) is 0 Å². The second-order valence-corrected chi connectivity index (χ2v) is 9.51. The lowest BCUT2D eigenvalue weighted by Gasteiger charge is -2.38. The zero-order valence-corrected chi connectivity index (χ0v) is 21.5. The molecule has 0 spiro atoms. The number of halogens is 3. The first-order chi connectivity index (χ1) is 16.0. The zero-order chi connectivity index (χ0) is 25.0. The molecular formula is C25H25Cl3N2O4. The Kier molecular flexibility index (Phi) is 8.18. The van der Waals surface area contributed by atoms with E-state index in [1.54, 1.807) is 39.0 Å². The maximum Gasteiger partial charge on any atom is 0.264 e. The standard InChI is InChI=1S/C25H25Cl3N2O4/c1-15-8-5-6-10-21(15)29-24(32)25(3,4)30(14-17-9-7-11-33-17)23(31)16(2)34-22-13-19(27)18(26)12-20(22)28/h5-13,16H,14H2,1-4H3,(H,29,32)/t16-/m1/s1. The maximum atomic E-state index is 13.6. The summed E-state index contributed by atoms with van der Waals surface area (Å²) in [6, 6.07) is 13.8. The quantitative estimate of drug-likeness (QED) is 0.331. The van der Waals surface area contributed by atoms with Gasteiger partial charge in [-0.2, -0.15) is 0 Å². The molecule has 2 aromatic carbocycles. The van der Waals surface area contributed by atoms with Gasteiger partial charge in [-0.15, -0.1) is 0 Å². The molecule has 1 atom stereocenters. The number of hydrogen-bond donors (Lipinski definition) is 1. The van der Waals surface area contributed by atoms with Gasteiger partial charge in [0.1, 0.15) is 17.0 Å². The molecule has 1 N–H and O–H groups in total. The first-order valence-corrected chi connectivity index (χ1v) is 11.7. The Hall–Kier alpha value is -2.67. The van der Waals surface area contributed by atoms with E-state index in [1.807, 2.05) is 25.1 Å². The molecule has 0 aliphatic carbocycles. The van der Waals surface area contributed by atoms with Crippen LogP contribution in [-0.2, 0) is 16.1 Å². The predicted octanol–water partition coefficient (Wildman–Crippen LogP) is 6.76. The molecule has 1 aromatic heterocycles. The van der Waals surface area contributed by atoms with Crippen LogP contribution in [0.4, 0.5) is 5.69 Å². The Morgan fingerprint density at radius 1 is 1.06 bits per heavy atom. The average molecular weight is 524 g/mol. The first-order valence-electron chi connectivity index (χ1n) is 10.5. The largest absolute Gasteiger partial charge is 0.479 e. The monoisotopic (exact) mass is 522 g/mol. The van der Waals surface area contributed by atoms with Gasteiger partial charge < -0.3 is 19.4 Å². The Bertz CT molecular complexity index is 1180. The van der Waals surface area contributed by atoms with Gasteiger partial charge in [0.25, 0.3) is 5.91 Å². The SMILES string of the molecule is Cc1ccccc1NC(=O)C(C)(C)N(Cc1ccco1)C(=O)[C@@H](C)Oc1cc(Cl)c(Cl)cc1Cl. The number of rotatable bonds is 8. The molecule has 0 saturated heterocycles. The van der Waals surface area contributed by atoms with Crippen LogP contribution in [0, 0.1) is 6.92 Å². The van der Waals surface area contributed by atoms with Crippen LogP contribution >= 0.6 is 34.8 Å². The molecule has 3 aromatic rings. The van der Waals surface area contributed by atoms with Crippen molar-refractivity contribution in [1.82, 2.24) is 4.90 Å². The second-order valence-electron chi connectivity index (χ2n) is 8.29. The van der Waals surface area contributed by atoms with Crippen molar-refractivity contribution in [2.24, 2.45) is 0 Å². The van der Waals surface area contributed by atoms with E-state index < -0.39 is 17.6 Å². The van der Waals surface area contributed by atoms with Crippen LogP contribution < -0.4 is 10.1 Å². The van der Waals surface area contributed by atoms with Crippen molar-refractivity contribution >= 4 is 52.3 Å². The highest BCUT2D eigenvalue weighted by molar-refractivity contribution is 6.43. The molecule has 0 radical (unpaired) electrons. The fourth-order valence-corrected chi connectivity index (χ4v) is 3.86. The number of carbonyl (C=O) groups excluding carboxylic acids is 2. The van der Waals surface area contributed by atoms with Crippen LogP contribution in [0.2, 0.25) is 15.1 Å². The van der Waals surface area contributed by atoms with Crippen LogP contribution in [0.15, 0.2) is 59.2 Å². The summed E-state index contributed by atoms with van der Waals surface area (Å²) in [5, 5.41) is 3.64. The van der Waals surface area contributed by atoms with Crippen LogP contribution in [0.3, 0.4) is 0 Å². The van der Waals surface area contributed by atoms with E-state index in [9.17, 15) is 9.59 Å². The number of benzene rings is 2. The number of anilines is 1. The first kappa shape index (κ1) is 25.9. The summed E-state index contributed by atoms with van der Waals surface area (Å²) in [5.74, 6) is -0.0770. The molecule has 0 bridgehead atoms. The van der Waals surface area contributed by atoms with Crippen molar-refractivity contribution in [2.75, 3.05) is 5.32 Å². The second kappa shape index (κ2) is 10.7. The summed E-state index contributed by atoms with van der Waals surface area (Å²) in [7, 11) is 0. The lowest BCUT2D eigenvalue weighted by atomic mass is 9.99. The molecular weight excluding hydrogens is 499 g/mol.